The van der Waals surface area contributed by atoms with Crippen LogP contribution >= 0.6 is 11.6 Å². The summed E-state index contributed by atoms with van der Waals surface area (Å²) >= 11 is 6.01. The highest BCUT2D eigenvalue weighted by molar-refractivity contribution is 6.51. The smallest absolute Gasteiger partial charge is 0.300 e. The molecule has 36 heavy (non-hydrogen) atoms. The fourth-order valence-corrected chi connectivity index (χ4v) is 4.42. The molecule has 1 fully saturated rings. The fraction of sp³-hybridized carbons (Fsp3) is 0.241. The van der Waals surface area contributed by atoms with E-state index in [-0.39, 0.29) is 27.5 Å². The molecule has 3 aromatic carbocycles. The second-order valence-corrected chi connectivity index (χ2v) is 10.0. The first-order chi connectivity index (χ1) is 17.0. The lowest BCUT2D eigenvalue weighted by Gasteiger charge is -2.27. The summed E-state index contributed by atoms with van der Waals surface area (Å²) in [5, 5.41) is 11.1. The maximum atomic E-state index is 13.9. The number of ether oxygens (including phenoxy) is 1. The lowest BCUT2D eigenvalue weighted by atomic mass is 9.85. The number of rotatable bonds is 5. The molecule has 1 amide bonds. The predicted octanol–water partition coefficient (Wildman–Crippen LogP) is 6.80. The second-order valence-electron chi connectivity index (χ2n) is 9.60. The van der Waals surface area contributed by atoms with Gasteiger partial charge in [-0.15, -0.1) is 0 Å². The minimum absolute atomic E-state index is 0.0619. The van der Waals surface area contributed by atoms with Crippen LogP contribution in [0.25, 0.3) is 5.76 Å². The minimum Gasteiger partial charge on any atom is -0.507 e. The Labute approximate surface area is 214 Å². The number of carbonyl (C=O) groups excluding carboxylic acids is 2. The van der Waals surface area contributed by atoms with Crippen molar-refractivity contribution in [3.8, 4) is 5.75 Å². The minimum atomic E-state index is -0.938. The Kier molecular flexibility index (Phi) is 6.92. The predicted molar refractivity (Wildman–Crippen MR) is 139 cm³/mol. The number of ketones is 1. The summed E-state index contributed by atoms with van der Waals surface area (Å²) in [6.45, 7) is 8.60. The van der Waals surface area contributed by atoms with Crippen molar-refractivity contribution in [3.05, 3.63) is 99.8 Å². The molecule has 1 heterocycles. The first-order valence-corrected chi connectivity index (χ1v) is 12.0. The molecule has 1 saturated heterocycles. The van der Waals surface area contributed by atoms with E-state index in [1.165, 1.54) is 17.0 Å². The monoisotopic (exact) mass is 507 g/mol. The van der Waals surface area contributed by atoms with Gasteiger partial charge in [0.2, 0.25) is 0 Å². The standard InChI is InChI=1S/C29H27ClFNO4/c1-5-36-21-13-8-18(9-14-21)26(33)24-25(17-6-10-19(11-7-17)29(2,3)4)32(28(35)27(24)34)20-12-15-23(31)22(30)16-20/h6-16,25,33H,5H2,1-4H3/b26-24+. The van der Waals surface area contributed by atoms with E-state index in [9.17, 15) is 19.1 Å². The summed E-state index contributed by atoms with van der Waals surface area (Å²) in [6, 6.07) is 17.0. The van der Waals surface area contributed by atoms with Crippen LogP contribution in [0.15, 0.2) is 72.3 Å². The van der Waals surface area contributed by atoms with Crippen molar-refractivity contribution in [1.82, 2.24) is 0 Å². The van der Waals surface area contributed by atoms with Crippen molar-refractivity contribution in [3.63, 3.8) is 0 Å². The molecule has 1 aliphatic rings. The number of aliphatic hydroxyl groups excluding tert-OH is 1. The molecule has 0 saturated carbocycles. The first kappa shape index (κ1) is 25.5. The number of carbonyl (C=O) groups is 2. The second kappa shape index (κ2) is 9.78. The zero-order valence-corrected chi connectivity index (χ0v) is 21.3. The highest BCUT2D eigenvalue weighted by atomic mass is 35.5. The van der Waals surface area contributed by atoms with Gasteiger partial charge in [-0.2, -0.15) is 0 Å². The van der Waals surface area contributed by atoms with E-state index >= 15 is 0 Å². The number of Topliss-reactive ketones (excluding diaryl/α,β-unsaturated/α-hetero) is 1. The van der Waals surface area contributed by atoms with Gasteiger partial charge in [0.1, 0.15) is 17.3 Å². The van der Waals surface area contributed by atoms with Gasteiger partial charge in [0.05, 0.1) is 23.2 Å². The summed E-state index contributed by atoms with van der Waals surface area (Å²) in [5.74, 6) is -2.01. The van der Waals surface area contributed by atoms with Gasteiger partial charge in [0.25, 0.3) is 11.7 Å². The summed E-state index contributed by atoms with van der Waals surface area (Å²) in [5.41, 5.74) is 2.14. The Morgan fingerprint density at radius 3 is 2.22 bits per heavy atom. The van der Waals surface area contributed by atoms with E-state index in [0.29, 0.717) is 23.5 Å². The van der Waals surface area contributed by atoms with Crippen LogP contribution in [0, 0.1) is 5.82 Å². The average Bonchev–Trinajstić information content (AvgIpc) is 3.11. The van der Waals surface area contributed by atoms with E-state index in [0.717, 1.165) is 11.6 Å². The molecule has 1 unspecified atom stereocenters. The molecule has 5 nitrogen and oxygen atoms in total. The number of amides is 1. The number of halogens is 2. The fourth-order valence-electron chi connectivity index (χ4n) is 4.25. The van der Waals surface area contributed by atoms with Gasteiger partial charge in [0.15, 0.2) is 0 Å². The Morgan fingerprint density at radius 1 is 1.03 bits per heavy atom. The largest absolute Gasteiger partial charge is 0.507 e. The number of hydrogen-bond acceptors (Lipinski definition) is 4. The van der Waals surface area contributed by atoms with E-state index in [1.807, 2.05) is 31.2 Å². The molecule has 0 aliphatic carbocycles. The molecule has 3 aromatic rings. The lowest BCUT2D eigenvalue weighted by molar-refractivity contribution is -0.132. The van der Waals surface area contributed by atoms with E-state index in [2.05, 4.69) is 20.8 Å². The zero-order valence-electron chi connectivity index (χ0n) is 20.5. The summed E-state index contributed by atoms with van der Waals surface area (Å²) in [7, 11) is 0. The Hall–Kier alpha value is -3.64. The van der Waals surface area contributed by atoms with Crippen LogP contribution in [0.3, 0.4) is 0 Å². The SMILES string of the molecule is CCOc1ccc(/C(O)=C2\C(=O)C(=O)N(c3ccc(F)c(Cl)c3)C2c2ccc(C(C)(C)C)cc2)cc1. The number of hydrogen-bond donors (Lipinski definition) is 1. The number of benzene rings is 3. The lowest BCUT2D eigenvalue weighted by Crippen LogP contribution is -2.29. The van der Waals surface area contributed by atoms with Gasteiger partial charge in [0, 0.05) is 11.3 Å². The molecule has 1 atom stereocenters. The zero-order chi connectivity index (χ0) is 26.2. The van der Waals surface area contributed by atoms with Crippen LogP contribution in [0.5, 0.6) is 5.75 Å². The van der Waals surface area contributed by atoms with Gasteiger partial charge in [-0.3, -0.25) is 14.5 Å². The molecular formula is C29H27ClFNO4. The Balaban J connectivity index is 1.90. The molecule has 0 aromatic heterocycles. The van der Waals surface area contributed by atoms with E-state index in [1.54, 1.807) is 24.3 Å². The van der Waals surface area contributed by atoms with Crippen LogP contribution in [-0.2, 0) is 15.0 Å². The summed E-state index contributed by atoms with van der Waals surface area (Å²) < 4.78 is 19.3. The van der Waals surface area contributed by atoms with Crippen LogP contribution in [0.4, 0.5) is 10.1 Å². The molecule has 4 rings (SSSR count). The molecule has 0 bridgehead atoms. The number of anilines is 1. The van der Waals surface area contributed by atoms with Gasteiger partial charge >= 0.3 is 0 Å². The molecule has 1 N–H and O–H groups in total. The molecule has 7 heteroatoms. The summed E-state index contributed by atoms with van der Waals surface area (Å²) in [4.78, 5) is 27.8. The third-order valence-corrected chi connectivity index (χ3v) is 6.45. The van der Waals surface area contributed by atoms with Crippen LogP contribution in [0.2, 0.25) is 5.02 Å². The van der Waals surface area contributed by atoms with Crippen molar-refractivity contribution in [2.45, 2.75) is 39.2 Å². The van der Waals surface area contributed by atoms with Gasteiger partial charge in [-0.25, -0.2) is 4.39 Å². The van der Waals surface area contributed by atoms with Crippen LogP contribution in [-0.4, -0.2) is 23.4 Å². The van der Waals surface area contributed by atoms with Gasteiger partial charge < -0.3 is 9.84 Å². The number of aliphatic hydroxyl groups is 1. The first-order valence-electron chi connectivity index (χ1n) is 11.6. The molecular weight excluding hydrogens is 481 g/mol. The highest BCUT2D eigenvalue weighted by Gasteiger charge is 2.47. The molecule has 0 radical (unpaired) electrons. The van der Waals surface area contributed by atoms with E-state index in [4.69, 9.17) is 16.3 Å². The average molecular weight is 508 g/mol. The molecule has 186 valence electrons. The van der Waals surface area contributed by atoms with Crippen molar-refractivity contribution >= 4 is 34.7 Å². The normalized spacial score (nSPS) is 17.5. The molecule has 0 spiro atoms. The Bertz CT molecular complexity index is 1340. The van der Waals surface area contributed by atoms with Crippen molar-refractivity contribution in [2.24, 2.45) is 0 Å². The summed E-state index contributed by atoms with van der Waals surface area (Å²) in [6.07, 6.45) is 0. The molecule has 1 aliphatic heterocycles. The third-order valence-electron chi connectivity index (χ3n) is 6.16. The number of nitrogens with zero attached hydrogens (tertiary/aromatic N) is 1. The van der Waals surface area contributed by atoms with Crippen molar-refractivity contribution in [1.29, 1.82) is 0 Å². The maximum absolute atomic E-state index is 13.9. The van der Waals surface area contributed by atoms with Crippen molar-refractivity contribution in [2.75, 3.05) is 11.5 Å². The Morgan fingerprint density at radius 2 is 1.67 bits per heavy atom. The van der Waals surface area contributed by atoms with Gasteiger partial charge in [-0.1, -0.05) is 56.6 Å². The van der Waals surface area contributed by atoms with E-state index < -0.39 is 23.5 Å². The third kappa shape index (κ3) is 4.73. The highest BCUT2D eigenvalue weighted by Crippen LogP contribution is 2.43. The van der Waals surface area contributed by atoms with Crippen molar-refractivity contribution < 1.29 is 23.8 Å². The maximum Gasteiger partial charge on any atom is 0.300 e. The topological polar surface area (TPSA) is 66.8 Å². The van der Waals surface area contributed by atoms with Crippen LogP contribution < -0.4 is 9.64 Å². The van der Waals surface area contributed by atoms with Gasteiger partial charge in [-0.05, 0) is 65.9 Å². The quantitative estimate of drug-likeness (QED) is 0.234. The van der Waals surface area contributed by atoms with Crippen LogP contribution in [0.1, 0.15) is 50.4 Å².